The highest BCUT2D eigenvalue weighted by atomic mass is 32.2. The zero-order valence-corrected chi connectivity index (χ0v) is 13.2. The van der Waals surface area contributed by atoms with Crippen molar-refractivity contribution in [2.45, 2.75) is 13.0 Å². The summed E-state index contributed by atoms with van der Waals surface area (Å²) in [6.07, 6.45) is 0. The van der Waals surface area contributed by atoms with Gasteiger partial charge in [0.15, 0.2) is 9.84 Å². The quantitative estimate of drug-likeness (QED) is 0.809. The van der Waals surface area contributed by atoms with Gasteiger partial charge in [-0.2, -0.15) is 0 Å². The number of para-hydroxylation sites is 1. The van der Waals surface area contributed by atoms with Crippen LogP contribution in [0.15, 0.2) is 34.7 Å². The normalized spacial score (nSPS) is 13.6. The molecule has 0 radical (unpaired) electrons. The van der Waals surface area contributed by atoms with E-state index in [4.69, 9.17) is 9.15 Å². The van der Waals surface area contributed by atoms with Gasteiger partial charge in [-0.1, -0.05) is 25.1 Å². The van der Waals surface area contributed by atoms with E-state index < -0.39 is 9.84 Å². The van der Waals surface area contributed by atoms with Crippen LogP contribution < -0.4 is 5.32 Å². The van der Waals surface area contributed by atoms with E-state index in [2.05, 4.69) is 5.32 Å². The molecule has 1 atom stereocenters. The fourth-order valence-electron chi connectivity index (χ4n) is 2.21. The standard InChI is InChI=1S/C15H21NO4S/c1-3-16-13(11-21(17,18)9-8-19-2)15-10-12-6-4-5-7-14(12)20-15/h4-7,10,13,16H,3,8-9,11H2,1-2H3. The van der Waals surface area contributed by atoms with Crippen molar-refractivity contribution in [1.29, 1.82) is 0 Å². The summed E-state index contributed by atoms with van der Waals surface area (Å²) in [5, 5.41) is 4.16. The van der Waals surface area contributed by atoms with Crippen LogP contribution in [0.2, 0.25) is 0 Å². The van der Waals surface area contributed by atoms with Gasteiger partial charge in [0.1, 0.15) is 11.3 Å². The summed E-state index contributed by atoms with van der Waals surface area (Å²) < 4.78 is 34.8. The Labute approximate surface area is 125 Å². The molecule has 6 heteroatoms. The van der Waals surface area contributed by atoms with Crippen molar-refractivity contribution >= 4 is 20.8 Å². The van der Waals surface area contributed by atoms with Gasteiger partial charge in [0.2, 0.25) is 0 Å². The van der Waals surface area contributed by atoms with Crippen LogP contribution in [0.1, 0.15) is 18.7 Å². The molecule has 1 aromatic heterocycles. The predicted octanol–water partition coefficient (Wildman–Crippen LogP) is 2.14. The minimum atomic E-state index is -3.20. The first kappa shape index (κ1) is 16.0. The van der Waals surface area contributed by atoms with Gasteiger partial charge in [-0.15, -0.1) is 0 Å². The molecular formula is C15H21NO4S. The van der Waals surface area contributed by atoms with Crippen LogP contribution in [-0.4, -0.2) is 40.2 Å². The maximum atomic E-state index is 12.1. The first-order chi connectivity index (χ1) is 10.1. The number of benzene rings is 1. The van der Waals surface area contributed by atoms with Gasteiger partial charge in [0.05, 0.1) is 24.2 Å². The molecule has 0 aliphatic carbocycles. The maximum absolute atomic E-state index is 12.1. The summed E-state index contributed by atoms with van der Waals surface area (Å²) >= 11 is 0. The van der Waals surface area contributed by atoms with E-state index in [1.807, 2.05) is 37.3 Å². The summed E-state index contributed by atoms with van der Waals surface area (Å²) in [6, 6.07) is 9.21. The highest BCUT2D eigenvalue weighted by Gasteiger charge is 2.23. The number of hydrogen-bond acceptors (Lipinski definition) is 5. The second-order valence-electron chi connectivity index (χ2n) is 4.90. The Kier molecular flexibility index (Phi) is 5.39. The predicted molar refractivity (Wildman–Crippen MR) is 83.2 cm³/mol. The molecule has 2 aromatic rings. The molecule has 116 valence electrons. The number of rotatable bonds is 8. The van der Waals surface area contributed by atoms with Gasteiger partial charge >= 0.3 is 0 Å². The Balaban J connectivity index is 2.22. The van der Waals surface area contributed by atoms with Gasteiger partial charge in [0.25, 0.3) is 0 Å². The van der Waals surface area contributed by atoms with Crippen molar-refractivity contribution in [1.82, 2.24) is 5.32 Å². The molecule has 1 unspecified atom stereocenters. The molecule has 2 rings (SSSR count). The number of ether oxygens (including phenoxy) is 1. The largest absolute Gasteiger partial charge is 0.459 e. The van der Waals surface area contributed by atoms with Crippen molar-refractivity contribution in [2.24, 2.45) is 0 Å². The van der Waals surface area contributed by atoms with Crippen molar-refractivity contribution in [3.63, 3.8) is 0 Å². The van der Waals surface area contributed by atoms with Gasteiger partial charge in [-0.3, -0.25) is 0 Å². The summed E-state index contributed by atoms with van der Waals surface area (Å²) in [6.45, 7) is 2.82. The Hall–Kier alpha value is -1.37. The Morgan fingerprint density at radius 3 is 2.76 bits per heavy atom. The summed E-state index contributed by atoms with van der Waals surface area (Å²) in [5.74, 6) is 0.675. The number of hydrogen-bond donors (Lipinski definition) is 1. The van der Waals surface area contributed by atoms with Gasteiger partial charge in [0, 0.05) is 12.5 Å². The summed E-state index contributed by atoms with van der Waals surface area (Å²) in [4.78, 5) is 0. The highest BCUT2D eigenvalue weighted by molar-refractivity contribution is 7.91. The SMILES string of the molecule is CCNC(CS(=O)(=O)CCOC)c1cc2ccccc2o1. The molecule has 0 bridgehead atoms. The van der Waals surface area contributed by atoms with E-state index >= 15 is 0 Å². The van der Waals surface area contributed by atoms with Gasteiger partial charge in [-0.05, 0) is 18.7 Å². The average Bonchev–Trinajstić information content (AvgIpc) is 2.88. The minimum Gasteiger partial charge on any atom is -0.459 e. The van der Waals surface area contributed by atoms with E-state index in [9.17, 15) is 8.42 Å². The lowest BCUT2D eigenvalue weighted by atomic mass is 10.2. The fourth-order valence-corrected chi connectivity index (χ4v) is 3.59. The molecule has 5 nitrogen and oxygen atoms in total. The Morgan fingerprint density at radius 1 is 1.33 bits per heavy atom. The van der Waals surface area contributed by atoms with Crippen LogP contribution in [-0.2, 0) is 14.6 Å². The maximum Gasteiger partial charge on any atom is 0.154 e. The van der Waals surface area contributed by atoms with Crippen molar-refractivity contribution in [2.75, 3.05) is 31.8 Å². The average molecular weight is 311 g/mol. The number of nitrogens with one attached hydrogen (secondary N) is 1. The molecule has 1 aromatic carbocycles. The summed E-state index contributed by atoms with van der Waals surface area (Å²) in [5.41, 5.74) is 0.768. The van der Waals surface area contributed by atoms with Crippen LogP contribution in [0.3, 0.4) is 0 Å². The smallest absolute Gasteiger partial charge is 0.154 e. The van der Waals surface area contributed by atoms with Crippen LogP contribution in [0, 0.1) is 0 Å². The van der Waals surface area contributed by atoms with Crippen LogP contribution in [0.4, 0.5) is 0 Å². The molecular weight excluding hydrogens is 290 g/mol. The first-order valence-corrected chi connectivity index (χ1v) is 8.79. The lowest BCUT2D eigenvalue weighted by Crippen LogP contribution is -2.29. The number of fused-ring (bicyclic) bond motifs is 1. The molecule has 0 spiro atoms. The molecule has 0 aliphatic rings. The van der Waals surface area contributed by atoms with Crippen LogP contribution >= 0.6 is 0 Å². The third-order valence-electron chi connectivity index (χ3n) is 3.26. The molecule has 0 amide bonds. The van der Waals surface area contributed by atoms with Crippen LogP contribution in [0.5, 0.6) is 0 Å². The topological polar surface area (TPSA) is 68.5 Å². The number of sulfone groups is 1. The van der Waals surface area contributed by atoms with Crippen molar-refractivity contribution < 1.29 is 17.6 Å². The first-order valence-electron chi connectivity index (χ1n) is 6.97. The molecule has 1 N–H and O–H groups in total. The van der Waals surface area contributed by atoms with Crippen LogP contribution in [0.25, 0.3) is 11.0 Å². The third kappa shape index (κ3) is 4.30. The molecule has 0 saturated heterocycles. The lowest BCUT2D eigenvalue weighted by Gasteiger charge is -2.15. The van der Waals surface area contributed by atoms with E-state index in [1.54, 1.807) is 0 Å². The molecule has 0 aliphatic heterocycles. The van der Waals surface area contributed by atoms with Gasteiger partial charge in [-0.25, -0.2) is 8.42 Å². The Morgan fingerprint density at radius 2 is 2.10 bits per heavy atom. The monoisotopic (exact) mass is 311 g/mol. The zero-order valence-electron chi connectivity index (χ0n) is 12.3. The number of methoxy groups -OCH3 is 1. The van der Waals surface area contributed by atoms with Crippen molar-refractivity contribution in [3.8, 4) is 0 Å². The van der Waals surface area contributed by atoms with Gasteiger partial charge < -0.3 is 14.5 Å². The summed E-state index contributed by atoms with van der Waals surface area (Å²) in [7, 11) is -1.70. The minimum absolute atomic E-state index is 0.00399. The molecule has 0 fully saturated rings. The molecule has 0 saturated carbocycles. The Bertz CT molecular complexity index is 645. The number of furan rings is 1. The molecule has 1 heterocycles. The highest BCUT2D eigenvalue weighted by Crippen LogP contribution is 2.24. The van der Waals surface area contributed by atoms with E-state index in [1.165, 1.54) is 7.11 Å². The van der Waals surface area contributed by atoms with E-state index in [0.717, 1.165) is 11.0 Å². The third-order valence-corrected chi connectivity index (χ3v) is 4.89. The second kappa shape index (κ2) is 7.06. The second-order valence-corrected chi connectivity index (χ2v) is 7.13. The zero-order chi connectivity index (χ0) is 15.3. The lowest BCUT2D eigenvalue weighted by molar-refractivity contribution is 0.217. The van der Waals surface area contributed by atoms with E-state index in [0.29, 0.717) is 12.3 Å². The fraction of sp³-hybridized carbons (Fsp3) is 0.467. The molecule has 21 heavy (non-hydrogen) atoms. The van der Waals surface area contributed by atoms with E-state index in [-0.39, 0.29) is 24.2 Å². The van der Waals surface area contributed by atoms with Crippen molar-refractivity contribution in [3.05, 3.63) is 36.1 Å².